The van der Waals surface area contributed by atoms with Crippen molar-refractivity contribution in [3.8, 4) is 17.6 Å². The van der Waals surface area contributed by atoms with Crippen LogP contribution in [0.25, 0.3) is 0 Å². The molecule has 1 N–H and O–H groups in total. The van der Waals surface area contributed by atoms with Gasteiger partial charge >= 0.3 is 0 Å². The second-order valence-corrected chi connectivity index (χ2v) is 5.08. The van der Waals surface area contributed by atoms with E-state index in [1.165, 1.54) is 6.07 Å². The van der Waals surface area contributed by atoms with Gasteiger partial charge in [0.05, 0.1) is 16.6 Å². The number of nitro groups is 1. The number of nitrogens with zero attached hydrogens (tertiary/aromatic N) is 2. The van der Waals surface area contributed by atoms with Gasteiger partial charge in [0.2, 0.25) is 6.79 Å². The molecule has 0 spiro atoms. The number of nitrogens with one attached hydrogen (secondary N) is 1. The highest BCUT2D eigenvalue weighted by Crippen LogP contribution is 2.35. The van der Waals surface area contributed by atoms with Gasteiger partial charge in [0.1, 0.15) is 5.69 Å². The van der Waals surface area contributed by atoms with Gasteiger partial charge in [-0.25, -0.2) is 0 Å². The lowest BCUT2D eigenvalue weighted by molar-refractivity contribution is -0.384. The van der Waals surface area contributed by atoms with Gasteiger partial charge in [-0.15, -0.1) is 0 Å². The first-order chi connectivity index (χ1) is 11.1. The third-order valence-corrected chi connectivity index (χ3v) is 3.59. The second-order valence-electron chi connectivity index (χ2n) is 5.08. The van der Waals surface area contributed by atoms with Crippen LogP contribution in [0.1, 0.15) is 24.1 Å². The molecule has 7 nitrogen and oxygen atoms in total. The Balaban J connectivity index is 1.87. The number of fused-ring (bicyclic) bond motifs is 1. The predicted octanol–water partition coefficient (Wildman–Crippen LogP) is 3.37. The third kappa shape index (κ3) is 2.87. The topological polar surface area (TPSA) is 97.4 Å². The van der Waals surface area contributed by atoms with Gasteiger partial charge in [0, 0.05) is 12.1 Å². The molecule has 7 heteroatoms. The monoisotopic (exact) mass is 311 g/mol. The van der Waals surface area contributed by atoms with Crippen molar-refractivity contribution in [3.05, 3.63) is 57.6 Å². The molecule has 0 fully saturated rings. The summed E-state index contributed by atoms with van der Waals surface area (Å²) in [6.07, 6.45) is 0. The summed E-state index contributed by atoms with van der Waals surface area (Å²) in [4.78, 5) is 10.7. The van der Waals surface area contributed by atoms with Crippen molar-refractivity contribution in [2.75, 3.05) is 12.1 Å². The van der Waals surface area contributed by atoms with E-state index < -0.39 is 4.92 Å². The summed E-state index contributed by atoms with van der Waals surface area (Å²) in [5.41, 5.74) is 1.39. The maximum absolute atomic E-state index is 11.2. The maximum Gasteiger partial charge on any atom is 0.293 e. The molecule has 0 aromatic heterocycles. The summed E-state index contributed by atoms with van der Waals surface area (Å²) in [6, 6.07) is 11.6. The largest absolute Gasteiger partial charge is 0.454 e. The van der Waals surface area contributed by atoms with E-state index in [1.54, 1.807) is 12.1 Å². The Labute approximate surface area is 132 Å². The van der Waals surface area contributed by atoms with Crippen molar-refractivity contribution >= 4 is 11.4 Å². The minimum atomic E-state index is -0.504. The van der Waals surface area contributed by atoms with Crippen molar-refractivity contribution < 1.29 is 14.4 Å². The van der Waals surface area contributed by atoms with Crippen molar-refractivity contribution in [2.45, 2.75) is 13.0 Å². The first-order valence-corrected chi connectivity index (χ1v) is 6.93. The Bertz CT molecular complexity index is 813. The van der Waals surface area contributed by atoms with Gasteiger partial charge in [0.25, 0.3) is 5.69 Å². The van der Waals surface area contributed by atoms with Gasteiger partial charge in [-0.1, -0.05) is 6.07 Å². The smallest absolute Gasteiger partial charge is 0.293 e. The van der Waals surface area contributed by atoms with Crippen LogP contribution in [0, 0.1) is 21.4 Å². The molecule has 3 rings (SSSR count). The molecule has 0 amide bonds. The molecule has 1 aliphatic rings. The van der Waals surface area contributed by atoms with Gasteiger partial charge in [-0.2, -0.15) is 5.26 Å². The Hall–Kier alpha value is -3.27. The molecule has 1 heterocycles. The Morgan fingerprint density at radius 2 is 2.04 bits per heavy atom. The summed E-state index contributed by atoms with van der Waals surface area (Å²) in [5, 5.41) is 23.1. The van der Waals surface area contributed by atoms with Crippen molar-refractivity contribution in [2.24, 2.45) is 0 Å². The Morgan fingerprint density at radius 3 is 2.78 bits per heavy atom. The summed E-state index contributed by atoms with van der Waals surface area (Å²) < 4.78 is 10.6. The van der Waals surface area contributed by atoms with Crippen LogP contribution >= 0.6 is 0 Å². The highest BCUT2D eigenvalue weighted by atomic mass is 16.7. The molecule has 2 aromatic carbocycles. The summed E-state index contributed by atoms with van der Waals surface area (Å²) >= 11 is 0. The normalized spacial score (nSPS) is 13.2. The summed E-state index contributed by atoms with van der Waals surface area (Å²) in [5.74, 6) is 1.34. The predicted molar refractivity (Wildman–Crippen MR) is 82.4 cm³/mol. The van der Waals surface area contributed by atoms with Crippen LogP contribution in [0.2, 0.25) is 0 Å². The average molecular weight is 311 g/mol. The molecule has 1 atom stereocenters. The number of ether oxygens (including phenoxy) is 2. The fourth-order valence-electron chi connectivity index (χ4n) is 2.37. The van der Waals surface area contributed by atoms with Crippen LogP contribution < -0.4 is 14.8 Å². The van der Waals surface area contributed by atoms with E-state index >= 15 is 0 Å². The highest BCUT2D eigenvalue weighted by molar-refractivity contribution is 5.65. The van der Waals surface area contributed by atoms with E-state index in [2.05, 4.69) is 5.32 Å². The standard InChI is InChI=1S/C16H13N3O4/c1-10(12-3-5-15-16(7-12)23-9-22-15)18-13-4-2-11(8-17)6-14(13)19(20)21/h2-7,10,18H,9H2,1H3/t10-/m0/s1. The lowest BCUT2D eigenvalue weighted by atomic mass is 10.1. The lowest BCUT2D eigenvalue weighted by Crippen LogP contribution is -2.08. The van der Waals surface area contributed by atoms with E-state index in [9.17, 15) is 10.1 Å². The van der Waals surface area contributed by atoms with E-state index in [1.807, 2.05) is 31.2 Å². The fourth-order valence-corrected chi connectivity index (χ4v) is 2.37. The first kappa shape index (κ1) is 14.7. The average Bonchev–Trinajstić information content (AvgIpc) is 3.02. The minimum absolute atomic E-state index is 0.128. The molecule has 2 aromatic rings. The van der Waals surface area contributed by atoms with Crippen LogP contribution in [0.5, 0.6) is 11.5 Å². The molecular formula is C16H13N3O4. The Kier molecular flexibility index (Phi) is 3.73. The molecular weight excluding hydrogens is 298 g/mol. The molecule has 0 saturated heterocycles. The van der Waals surface area contributed by atoms with E-state index in [0.29, 0.717) is 17.2 Å². The van der Waals surface area contributed by atoms with Crippen molar-refractivity contribution in [1.29, 1.82) is 5.26 Å². The van der Waals surface area contributed by atoms with Gasteiger partial charge in [-0.05, 0) is 36.8 Å². The fraction of sp³-hybridized carbons (Fsp3) is 0.188. The maximum atomic E-state index is 11.2. The molecule has 0 saturated carbocycles. The van der Waals surface area contributed by atoms with Crippen LogP contribution in [0.15, 0.2) is 36.4 Å². The molecule has 23 heavy (non-hydrogen) atoms. The van der Waals surface area contributed by atoms with Gasteiger partial charge in [0.15, 0.2) is 11.5 Å². The van der Waals surface area contributed by atoms with Crippen molar-refractivity contribution in [1.82, 2.24) is 0 Å². The highest BCUT2D eigenvalue weighted by Gasteiger charge is 2.19. The number of anilines is 1. The third-order valence-electron chi connectivity index (χ3n) is 3.59. The minimum Gasteiger partial charge on any atom is -0.454 e. The van der Waals surface area contributed by atoms with E-state index in [-0.39, 0.29) is 24.1 Å². The summed E-state index contributed by atoms with van der Waals surface area (Å²) in [7, 11) is 0. The number of nitriles is 1. The number of benzene rings is 2. The first-order valence-electron chi connectivity index (χ1n) is 6.93. The SMILES string of the molecule is C[C@H](Nc1ccc(C#N)cc1[N+](=O)[O-])c1ccc2c(c1)OCO2. The van der Waals surface area contributed by atoms with Crippen molar-refractivity contribution in [3.63, 3.8) is 0 Å². The molecule has 1 aliphatic heterocycles. The van der Waals surface area contributed by atoms with E-state index in [0.717, 1.165) is 5.56 Å². The van der Waals surface area contributed by atoms with Gasteiger partial charge < -0.3 is 14.8 Å². The van der Waals surface area contributed by atoms with E-state index in [4.69, 9.17) is 14.7 Å². The van der Waals surface area contributed by atoms with Crippen LogP contribution in [0.3, 0.4) is 0 Å². The quantitative estimate of drug-likeness (QED) is 0.686. The summed E-state index contributed by atoms with van der Waals surface area (Å²) in [6.45, 7) is 2.08. The molecule has 0 aliphatic carbocycles. The molecule has 0 bridgehead atoms. The molecule has 116 valence electrons. The number of rotatable bonds is 4. The Morgan fingerprint density at radius 1 is 1.26 bits per heavy atom. The number of hydrogen-bond donors (Lipinski definition) is 1. The zero-order valence-electron chi connectivity index (χ0n) is 12.3. The lowest BCUT2D eigenvalue weighted by Gasteiger charge is -2.16. The van der Waals surface area contributed by atoms with Crippen LogP contribution in [0.4, 0.5) is 11.4 Å². The molecule has 0 unspecified atom stereocenters. The van der Waals surface area contributed by atoms with Crippen LogP contribution in [-0.4, -0.2) is 11.7 Å². The zero-order chi connectivity index (χ0) is 16.4. The van der Waals surface area contributed by atoms with Gasteiger partial charge in [-0.3, -0.25) is 10.1 Å². The zero-order valence-corrected chi connectivity index (χ0v) is 12.3. The van der Waals surface area contributed by atoms with Crippen LogP contribution in [-0.2, 0) is 0 Å². The number of nitro benzene ring substituents is 1. The number of hydrogen-bond acceptors (Lipinski definition) is 6. The second kappa shape index (κ2) is 5.85. The molecule has 0 radical (unpaired) electrons.